The first kappa shape index (κ1) is 14.4. The molecule has 1 rings (SSSR count). The van der Waals surface area contributed by atoms with Crippen molar-refractivity contribution >= 4 is 15.9 Å². The van der Waals surface area contributed by atoms with Gasteiger partial charge in [-0.1, -0.05) is 6.92 Å². The molecule has 1 atom stereocenters. The molecule has 0 aliphatic carbocycles. The second-order valence-corrected chi connectivity index (χ2v) is 6.40. The van der Waals surface area contributed by atoms with Crippen molar-refractivity contribution in [3.8, 4) is 0 Å². The number of hydrogen-bond donors (Lipinski definition) is 1. The van der Waals surface area contributed by atoms with E-state index in [9.17, 15) is 13.2 Å². The highest BCUT2D eigenvalue weighted by molar-refractivity contribution is 7.88. The number of hydrogen-bond acceptors (Lipinski definition) is 4. The van der Waals surface area contributed by atoms with Crippen LogP contribution in [0.25, 0.3) is 0 Å². The zero-order valence-corrected chi connectivity index (χ0v) is 11.2. The predicted molar refractivity (Wildman–Crippen MR) is 65.9 cm³/mol. The highest BCUT2D eigenvalue weighted by Gasteiger charge is 2.26. The number of rotatable bonds is 4. The van der Waals surface area contributed by atoms with Gasteiger partial charge < -0.3 is 10.6 Å². The van der Waals surface area contributed by atoms with Crippen molar-refractivity contribution in [2.45, 2.75) is 25.8 Å². The highest BCUT2D eigenvalue weighted by Crippen LogP contribution is 2.08. The Morgan fingerprint density at radius 3 is 2.24 bits per heavy atom. The van der Waals surface area contributed by atoms with Crippen LogP contribution in [0.15, 0.2) is 0 Å². The molecule has 0 aromatic carbocycles. The van der Waals surface area contributed by atoms with Gasteiger partial charge in [-0.05, 0) is 6.42 Å². The van der Waals surface area contributed by atoms with Crippen LogP contribution in [0.4, 0.5) is 0 Å². The number of amides is 1. The number of piperazine rings is 1. The highest BCUT2D eigenvalue weighted by atomic mass is 32.2. The third kappa shape index (κ3) is 4.25. The minimum atomic E-state index is -3.13. The maximum absolute atomic E-state index is 11.8. The Labute approximate surface area is 103 Å². The molecule has 0 bridgehead atoms. The maximum Gasteiger partial charge on any atom is 0.224 e. The van der Waals surface area contributed by atoms with Gasteiger partial charge in [-0.2, -0.15) is 4.31 Å². The van der Waals surface area contributed by atoms with E-state index in [-0.39, 0.29) is 11.9 Å². The summed E-state index contributed by atoms with van der Waals surface area (Å²) in [7, 11) is -3.13. The molecular formula is C10H21N3O3S. The van der Waals surface area contributed by atoms with Crippen LogP contribution in [0.2, 0.25) is 0 Å². The molecule has 1 heterocycles. The summed E-state index contributed by atoms with van der Waals surface area (Å²) in [5.41, 5.74) is 5.72. The molecule has 6 nitrogen and oxygen atoms in total. The molecule has 7 heteroatoms. The number of sulfonamides is 1. The molecule has 0 spiro atoms. The summed E-state index contributed by atoms with van der Waals surface area (Å²) < 4.78 is 24.0. The quantitative estimate of drug-likeness (QED) is 0.721. The third-order valence-corrected chi connectivity index (χ3v) is 4.32. The summed E-state index contributed by atoms with van der Waals surface area (Å²) in [5.74, 6) is 0.0208. The molecule has 1 amide bonds. The van der Waals surface area contributed by atoms with E-state index in [1.807, 2.05) is 6.92 Å². The summed E-state index contributed by atoms with van der Waals surface area (Å²) >= 11 is 0. The van der Waals surface area contributed by atoms with Crippen LogP contribution in [0.1, 0.15) is 19.8 Å². The van der Waals surface area contributed by atoms with Crippen LogP contribution >= 0.6 is 0 Å². The zero-order chi connectivity index (χ0) is 13.1. The van der Waals surface area contributed by atoms with Gasteiger partial charge in [0.25, 0.3) is 0 Å². The average Bonchev–Trinajstić information content (AvgIpc) is 2.27. The lowest BCUT2D eigenvalue weighted by Gasteiger charge is -2.33. The fourth-order valence-electron chi connectivity index (χ4n) is 1.77. The van der Waals surface area contributed by atoms with Crippen molar-refractivity contribution in [3.63, 3.8) is 0 Å². The van der Waals surface area contributed by atoms with Crippen molar-refractivity contribution in [2.75, 3.05) is 32.4 Å². The summed E-state index contributed by atoms with van der Waals surface area (Å²) in [6.07, 6.45) is 2.31. The van der Waals surface area contributed by atoms with E-state index in [0.29, 0.717) is 32.6 Å². The molecular weight excluding hydrogens is 242 g/mol. The Balaban J connectivity index is 2.44. The Bertz CT molecular complexity index is 361. The van der Waals surface area contributed by atoms with E-state index < -0.39 is 10.0 Å². The van der Waals surface area contributed by atoms with Gasteiger partial charge in [0, 0.05) is 38.6 Å². The summed E-state index contributed by atoms with van der Waals surface area (Å²) in [6, 6.07) is -0.101. The van der Waals surface area contributed by atoms with Crippen LogP contribution < -0.4 is 5.73 Å². The number of carbonyl (C=O) groups is 1. The molecule has 1 aliphatic heterocycles. The van der Waals surface area contributed by atoms with E-state index >= 15 is 0 Å². The Kier molecular flexibility index (Phi) is 4.91. The van der Waals surface area contributed by atoms with Crippen LogP contribution in [0.3, 0.4) is 0 Å². The minimum absolute atomic E-state index is 0.0208. The Morgan fingerprint density at radius 1 is 1.29 bits per heavy atom. The Hall–Kier alpha value is -0.660. The lowest BCUT2D eigenvalue weighted by molar-refractivity contribution is -0.132. The SMILES string of the molecule is CCC(N)CC(=O)N1CCN(S(C)(=O)=O)CC1. The molecule has 1 unspecified atom stereocenters. The molecule has 17 heavy (non-hydrogen) atoms. The van der Waals surface area contributed by atoms with Crippen LogP contribution in [-0.4, -0.2) is 62.0 Å². The predicted octanol–water partition coefficient (Wildman–Crippen LogP) is -0.782. The normalized spacial score (nSPS) is 20.3. The van der Waals surface area contributed by atoms with Gasteiger partial charge in [-0.3, -0.25) is 4.79 Å². The third-order valence-electron chi connectivity index (χ3n) is 3.02. The van der Waals surface area contributed by atoms with Crippen LogP contribution in [0, 0.1) is 0 Å². The van der Waals surface area contributed by atoms with Gasteiger partial charge in [0.2, 0.25) is 15.9 Å². The van der Waals surface area contributed by atoms with E-state index in [4.69, 9.17) is 5.73 Å². The second kappa shape index (κ2) is 5.79. The van der Waals surface area contributed by atoms with Crippen molar-refractivity contribution in [1.29, 1.82) is 0 Å². The molecule has 1 saturated heterocycles. The number of nitrogens with two attached hydrogens (primary N) is 1. The molecule has 1 fully saturated rings. The first-order valence-electron chi connectivity index (χ1n) is 5.83. The largest absolute Gasteiger partial charge is 0.340 e. The molecule has 2 N–H and O–H groups in total. The van der Waals surface area contributed by atoms with Gasteiger partial charge in [0.1, 0.15) is 0 Å². The van der Waals surface area contributed by atoms with E-state index in [2.05, 4.69) is 0 Å². The molecule has 100 valence electrons. The topological polar surface area (TPSA) is 83.7 Å². The summed E-state index contributed by atoms with van der Waals surface area (Å²) in [4.78, 5) is 13.5. The molecule has 0 aromatic heterocycles. The molecule has 1 aliphatic rings. The second-order valence-electron chi connectivity index (χ2n) is 4.42. The van der Waals surface area contributed by atoms with Crippen molar-refractivity contribution < 1.29 is 13.2 Å². The van der Waals surface area contributed by atoms with Crippen molar-refractivity contribution in [1.82, 2.24) is 9.21 Å². The van der Waals surface area contributed by atoms with Gasteiger partial charge in [-0.15, -0.1) is 0 Å². The summed E-state index contributed by atoms with van der Waals surface area (Å²) in [6.45, 7) is 3.63. The molecule has 0 aromatic rings. The maximum atomic E-state index is 11.8. The number of carbonyl (C=O) groups excluding carboxylic acids is 1. The smallest absolute Gasteiger partial charge is 0.224 e. The van der Waals surface area contributed by atoms with Gasteiger partial charge in [-0.25, -0.2) is 8.42 Å². The zero-order valence-electron chi connectivity index (χ0n) is 10.4. The van der Waals surface area contributed by atoms with Crippen molar-refractivity contribution in [2.24, 2.45) is 5.73 Å². The van der Waals surface area contributed by atoms with Gasteiger partial charge in [0.15, 0.2) is 0 Å². The van der Waals surface area contributed by atoms with Crippen LogP contribution in [0.5, 0.6) is 0 Å². The molecule has 0 saturated carbocycles. The summed E-state index contributed by atoms with van der Waals surface area (Å²) in [5, 5.41) is 0. The lowest BCUT2D eigenvalue weighted by Crippen LogP contribution is -2.51. The van der Waals surface area contributed by atoms with Crippen LogP contribution in [-0.2, 0) is 14.8 Å². The molecule has 0 radical (unpaired) electrons. The monoisotopic (exact) mass is 263 g/mol. The standard InChI is InChI=1S/C10H21N3O3S/c1-3-9(11)8-10(14)12-4-6-13(7-5-12)17(2,15)16/h9H,3-8,11H2,1-2H3. The first-order valence-corrected chi connectivity index (χ1v) is 7.68. The Morgan fingerprint density at radius 2 is 1.82 bits per heavy atom. The number of nitrogens with zero attached hydrogens (tertiary/aromatic N) is 2. The van der Waals surface area contributed by atoms with Gasteiger partial charge in [0.05, 0.1) is 6.26 Å². The van der Waals surface area contributed by atoms with E-state index in [1.165, 1.54) is 10.6 Å². The first-order chi connectivity index (χ1) is 7.84. The van der Waals surface area contributed by atoms with E-state index in [1.54, 1.807) is 4.90 Å². The fraction of sp³-hybridized carbons (Fsp3) is 0.900. The minimum Gasteiger partial charge on any atom is -0.340 e. The van der Waals surface area contributed by atoms with Gasteiger partial charge >= 0.3 is 0 Å². The lowest BCUT2D eigenvalue weighted by atomic mass is 10.1. The van der Waals surface area contributed by atoms with Crippen molar-refractivity contribution in [3.05, 3.63) is 0 Å². The van der Waals surface area contributed by atoms with E-state index in [0.717, 1.165) is 6.42 Å². The average molecular weight is 263 g/mol. The fourth-order valence-corrected chi connectivity index (χ4v) is 2.59.